The number of amides is 1. The lowest BCUT2D eigenvalue weighted by molar-refractivity contribution is -0.133. The van der Waals surface area contributed by atoms with Gasteiger partial charge in [-0.15, -0.1) is 0 Å². The molecule has 1 aromatic heterocycles. The molecule has 112 valence electrons. The van der Waals surface area contributed by atoms with Gasteiger partial charge in [0.15, 0.2) is 0 Å². The third-order valence-electron chi connectivity index (χ3n) is 3.56. The highest BCUT2D eigenvalue weighted by molar-refractivity contribution is 5.76. The molecule has 0 saturated carbocycles. The van der Waals surface area contributed by atoms with Gasteiger partial charge in [0.1, 0.15) is 0 Å². The van der Waals surface area contributed by atoms with Gasteiger partial charge in [0.25, 0.3) is 0 Å². The van der Waals surface area contributed by atoms with Gasteiger partial charge in [0, 0.05) is 51.5 Å². The van der Waals surface area contributed by atoms with E-state index in [-0.39, 0.29) is 5.91 Å². The van der Waals surface area contributed by atoms with E-state index < -0.39 is 0 Å². The lowest BCUT2D eigenvalue weighted by Crippen LogP contribution is -2.34. The number of ether oxygens (including phenoxy) is 1. The zero-order chi connectivity index (χ0) is 14.5. The molecule has 1 aromatic rings. The molecular weight excluding hydrogens is 254 g/mol. The highest BCUT2D eigenvalue weighted by atomic mass is 16.5. The maximum Gasteiger partial charge on any atom is 0.223 e. The van der Waals surface area contributed by atoms with Gasteiger partial charge < -0.3 is 9.64 Å². The largest absolute Gasteiger partial charge is 0.381 e. The van der Waals surface area contributed by atoms with Gasteiger partial charge in [-0.2, -0.15) is 5.10 Å². The zero-order valence-electron chi connectivity index (χ0n) is 12.7. The van der Waals surface area contributed by atoms with E-state index in [2.05, 4.69) is 18.9 Å². The van der Waals surface area contributed by atoms with Crippen molar-refractivity contribution in [2.75, 3.05) is 19.8 Å². The first-order chi connectivity index (χ1) is 9.54. The van der Waals surface area contributed by atoms with Gasteiger partial charge in [-0.1, -0.05) is 13.8 Å². The molecule has 0 spiro atoms. The van der Waals surface area contributed by atoms with E-state index in [1.807, 2.05) is 24.3 Å². The summed E-state index contributed by atoms with van der Waals surface area (Å²) in [6, 6.07) is 0. The number of rotatable bonds is 6. The van der Waals surface area contributed by atoms with Crippen LogP contribution in [0, 0.1) is 11.8 Å². The highest BCUT2D eigenvalue weighted by Gasteiger charge is 2.23. The third-order valence-corrected chi connectivity index (χ3v) is 3.56. The summed E-state index contributed by atoms with van der Waals surface area (Å²) in [5.74, 6) is 1.10. The van der Waals surface area contributed by atoms with Crippen LogP contribution in [0.3, 0.4) is 0 Å². The second kappa shape index (κ2) is 6.88. The van der Waals surface area contributed by atoms with Gasteiger partial charge >= 0.3 is 0 Å². The van der Waals surface area contributed by atoms with Crippen molar-refractivity contribution >= 4 is 5.91 Å². The van der Waals surface area contributed by atoms with Crippen LogP contribution in [0.5, 0.6) is 0 Å². The summed E-state index contributed by atoms with van der Waals surface area (Å²) in [6.45, 7) is 7.25. The monoisotopic (exact) mass is 279 g/mol. The predicted molar refractivity (Wildman–Crippen MR) is 77.0 cm³/mol. The Labute approximate surface area is 120 Å². The highest BCUT2D eigenvalue weighted by Crippen LogP contribution is 2.19. The van der Waals surface area contributed by atoms with E-state index in [4.69, 9.17) is 4.74 Å². The van der Waals surface area contributed by atoms with Crippen molar-refractivity contribution in [3.8, 4) is 0 Å². The molecule has 2 rings (SSSR count). The molecule has 1 unspecified atom stereocenters. The van der Waals surface area contributed by atoms with Crippen molar-refractivity contribution < 1.29 is 9.53 Å². The maximum atomic E-state index is 12.5. The Morgan fingerprint density at radius 3 is 2.95 bits per heavy atom. The fourth-order valence-electron chi connectivity index (χ4n) is 2.59. The van der Waals surface area contributed by atoms with E-state index in [1.165, 1.54) is 0 Å². The van der Waals surface area contributed by atoms with Crippen molar-refractivity contribution in [3.63, 3.8) is 0 Å². The van der Waals surface area contributed by atoms with Gasteiger partial charge in [-0.25, -0.2) is 0 Å². The van der Waals surface area contributed by atoms with Crippen LogP contribution in [-0.4, -0.2) is 40.3 Å². The van der Waals surface area contributed by atoms with Gasteiger partial charge in [0.05, 0.1) is 6.20 Å². The number of carbonyl (C=O) groups excluding carboxylic acids is 1. The van der Waals surface area contributed by atoms with Crippen LogP contribution in [0.15, 0.2) is 12.4 Å². The maximum absolute atomic E-state index is 12.5. The van der Waals surface area contributed by atoms with E-state index in [9.17, 15) is 4.79 Å². The zero-order valence-corrected chi connectivity index (χ0v) is 12.7. The Morgan fingerprint density at radius 2 is 2.40 bits per heavy atom. The topological polar surface area (TPSA) is 47.4 Å². The molecule has 0 radical (unpaired) electrons. The predicted octanol–water partition coefficient (Wildman–Crippen LogP) is 1.83. The second-order valence-corrected chi connectivity index (χ2v) is 6.12. The van der Waals surface area contributed by atoms with Crippen molar-refractivity contribution in [3.05, 3.63) is 18.0 Å². The second-order valence-electron chi connectivity index (χ2n) is 6.12. The summed E-state index contributed by atoms with van der Waals surface area (Å²) in [7, 11) is 1.90. The molecule has 2 heterocycles. The smallest absolute Gasteiger partial charge is 0.223 e. The summed E-state index contributed by atoms with van der Waals surface area (Å²) >= 11 is 0. The van der Waals surface area contributed by atoms with Crippen molar-refractivity contribution in [1.29, 1.82) is 0 Å². The molecular formula is C15H25N3O2. The van der Waals surface area contributed by atoms with E-state index in [0.29, 0.717) is 24.8 Å². The van der Waals surface area contributed by atoms with Crippen LogP contribution in [-0.2, 0) is 23.1 Å². The molecule has 1 atom stereocenters. The van der Waals surface area contributed by atoms with Crippen molar-refractivity contribution in [1.82, 2.24) is 14.7 Å². The van der Waals surface area contributed by atoms with Crippen LogP contribution in [0.4, 0.5) is 0 Å². The fraction of sp³-hybridized carbons (Fsp3) is 0.733. The van der Waals surface area contributed by atoms with Crippen LogP contribution < -0.4 is 0 Å². The number of nitrogens with zero attached hydrogens (tertiary/aromatic N) is 3. The molecule has 0 N–H and O–H groups in total. The molecule has 0 aromatic carbocycles. The normalized spacial score (nSPS) is 18.7. The standard InChI is InChI=1S/C15H25N3O2/c1-12(2)8-18(10-14-7-16-17(3)9-14)15(19)6-13-4-5-20-11-13/h7,9,12-13H,4-6,8,10-11H2,1-3H3. The van der Waals surface area contributed by atoms with Gasteiger partial charge in [-0.3, -0.25) is 9.48 Å². The minimum atomic E-state index is 0.234. The van der Waals surface area contributed by atoms with E-state index in [1.54, 1.807) is 4.68 Å². The molecule has 1 aliphatic heterocycles. The lowest BCUT2D eigenvalue weighted by Gasteiger charge is -2.25. The minimum absolute atomic E-state index is 0.234. The number of hydrogen-bond donors (Lipinski definition) is 0. The number of hydrogen-bond acceptors (Lipinski definition) is 3. The Morgan fingerprint density at radius 1 is 1.60 bits per heavy atom. The molecule has 0 aliphatic carbocycles. The molecule has 1 saturated heterocycles. The Hall–Kier alpha value is -1.36. The summed E-state index contributed by atoms with van der Waals surface area (Å²) in [6.07, 6.45) is 5.42. The molecule has 1 aliphatic rings. The number of carbonyl (C=O) groups is 1. The van der Waals surface area contributed by atoms with E-state index >= 15 is 0 Å². The summed E-state index contributed by atoms with van der Waals surface area (Å²) < 4.78 is 7.13. The fourth-order valence-corrected chi connectivity index (χ4v) is 2.59. The first-order valence-electron chi connectivity index (χ1n) is 7.37. The summed E-state index contributed by atoms with van der Waals surface area (Å²) in [5, 5.41) is 4.17. The van der Waals surface area contributed by atoms with Crippen molar-refractivity contribution in [2.24, 2.45) is 18.9 Å². The summed E-state index contributed by atoms with van der Waals surface area (Å²) in [4.78, 5) is 14.4. The van der Waals surface area contributed by atoms with Gasteiger partial charge in [0.2, 0.25) is 5.91 Å². The Balaban J connectivity index is 1.96. The molecule has 1 amide bonds. The Bertz CT molecular complexity index is 436. The number of aryl methyl sites for hydroxylation is 1. The third kappa shape index (κ3) is 4.34. The minimum Gasteiger partial charge on any atom is -0.381 e. The lowest BCUT2D eigenvalue weighted by atomic mass is 10.0. The van der Waals surface area contributed by atoms with Gasteiger partial charge in [-0.05, 0) is 18.3 Å². The molecule has 1 fully saturated rings. The molecule has 5 heteroatoms. The SMILES string of the molecule is CC(C)CN(Cc1cnn(C)c1)C(=O)CC1CCOC1. The van der Waals surface area contributed by atoms with Crippen LogP contribution in [0.25, 0.3) is 0 Å². The average Bonchev–Trinajstić information content (AvgIpc) is 3.00. The molecule has 20 heavy (non-hydrogen) atoms. The van der Waals surface area contributed by atoms with Crippen LogP contribution >= 0.6 is 0 Å². The summed E-state index contributed by atoms with van der Waals surface area (Å²) in [5.41, 5.74) is 1.09. The average molecular weight is 279 g/mol. The van der Waals surface area contributed by atoms with Crippen LogP contribution in [0.1, 0.15) is 32.3 Å². The molecule has 0 bridgehead atoms. The molecule has 5 nitrogen and oxygen atoms in total. The first-order valence-corrected chi connectivity index (χ1v) is 7.37. The quantitative estimate of drug-likeness (QED) is 0.798. The Kier molecular flexibility index (Phi) is 5.17. The first kappa shape index (κ1) is 15.0. The van der Waals surface area contributed by atoms with E-state index in [0.717, 1.165) is 31.7 Å². The number of aromatic nitrogens is 2. The van der Waals surface area contributed by atoms with Crippen LogP contribution in [0.2, 0.25) is 0 Å². The van der Waals surface area contributed by atoms with Crippen molar-refractivity contribution in [2.45, 2.75) is 33.2 Å².